The summed E-state index contributed by atoms with van der Waals surface area (Å²) in [7, 11) is 0. The molecule has 0 saturated carbocycles. The van der Waals surface area contributed by atoms with Gasteiger partial charge in [-0.3, -0.25) is 0 Å². The van der Waals surface area contributed by atoms with Crippen molar-refractivity contribution in [3.05, 3.63) is 0 Å². The van der Waals surface area contributed by atoms with Crippen molar-refractivity contribution < 1.29 is 9.47 Å². The Morgan fingerprint density at radius 3 is 1.50 bits per heavy atom. The topological polar surface area (TPSA) is 103 Å². The molecule has 4 atom stereocenters. The Hall–Kier alpha value is -0.200. The van der Waals surface area contributed by atoms with Gasteiger partial charge in [0.2, 0.25) is 0 Å². The fraction of sp³-hybridized carbons (Fsp3) is 1.00. The highest BCUT2D eigenvalue weighted by Crippen LogP contribution is 2.29. The van der Waals surface area contributed by atoms with Crippen molar-refractivity contribution in [2.75, 3.05) is 0 Å². The molecule has 6 N–H and O–H groups in total. The second-order valence-electron chi connectivity index (χ2n) is 2.71. The predicted molar refractivity (Wildman–Crippen MR) is 33.7 cm³/mol. The Labute approximate surface area is 58.4 Å². The van der Waals surface area contributed by atoms with Crippen molar-refractivity contribution in [1.82, 2.24) is 0 Å². The molecule has 58 valence electrons. The van der Waals surface area contributed by atoms with Gasteiger partial charge >= 0.3 is 0 Å². The van der Waals surface area contributed by atoms with Gasteiger partial charge in [-0.1, -0.05) is 0 Å². The maximum atomic E-state index is 5.66. The molecule has 2 saturated heterocycles. The highest BCUT2D eigenvalue weighted by atomic mass is 16.6. The summed E-state index contributed by atoms with van der Waals surface area (Å²) < 4.78 is 9.89. The summed E-state index contributed by atoms with van der Waals surface area (Å²) in [5.41, 5.74) is 16.4. The van der Waals surface area contributed by atoms with Gasteiger partial charge in [0.25, 0.3) is 0 Å². The van der Waals surface area contributed by atoms with E-state index < -0.39 is 0 Å². The molecule has 0 radical (unpaired) electrons. The highest BCUT2D eigenvalue weighted by Gasteiger charge is 2.52. The van der Waals surface area contributed by atoms with Crippen LogP contribution in [0.2, 0.25) is 0 Å². The van der Waals surface area contributed by atoms with Crippen molar-refractivity contribution >= 4 is 0 Å². The molecular weight excluding hydrogens is 134 g/mol. The van der Waals surface area contributed by atoms with E-state index in [1.165, 1.54) is 0 Å². The van der Waals surface area contributed by atoms with Crippen LogP contribution in [0.15, 0.2) is 0 Å². The summed E-state index contributed by atoms with van der Waals surface area (Å²) in [4.78, 5) is 0. The molecule has 2 aliphatic heterocycles. The maximum absolute atomic E-state index is 5.66. The number of ether oxygens (including phenoxy) is 2. The average Bonchev–Trinajstić information content (AvgIpc) is 2.70. The summed E-state index contributed by atoms with van der Waals surface area (Å²) in [5.74, 6) is 0. The smallest absolute Gasteiger partial charge is 0.134 e. The molecule has 5 nitrogen and oxygen atoms in total. The standard InChI is InChI=1S/C5H11N3O2/c6-1(2-4(7)9-2)3-5(8)10-3/h1-5H,6-8H2. The molecule has 0 bridgehead atoms. The Balaban J connectivity index is 1.83. The SMILES string of the molecule is NC1OC1C(N)C1OC1N. The Kier molecular flexibility index (Phi) is 1.23. The highest BCUT2D eigenvalue weighted by molar-refractivity contribution is 5.00. The largest absolute Gasteiger partial charge is 0.352 e. The number of hydrogen-bond donors (Lipinski definition) is 3. The van der Waals surface area contributed by atoms with E-state index in [4.69, 9.17) is 26.7 Å². The van der Waals surface area contributed by atoms with Crippen molar-refractivity contribution in [1.29, 1.82) is 0 Å². The van der Waals surface area contributed by atoms with Crippen LogP contribution in [0, 0.1) is 0 Å². The first-order valence-corrected chi connectivity index (χ1v) is 3.28. The van der Waals surface area contributed by atoms with Crippen LogP contribution in [0.4, 0.5) is 0 Å². The lowest BCUT2D eigenvalue weighted by Gasteiger charge is -2.01. The molecule has 10 heavy (non-hydrogen) atoms. The lowest BCUT2D eigenvalue weighted by molar-refractivity contribution is 0.301. The zero-order valence-corrected chi connectivity index (χ0v) is 5.44. The van der Waals surface area contributed by atoms with Crippen LogP contribution in [0.25, 0.3) is 0 Å². The number of nitrogens with two attached hydrogens (primary N) is 3. The van der Waals surface area contributed by atoms with E-state index in [1.807, 2.05) is 0 Å². The van der Waals surface area contributed by atoms with Crippen molar-refractivity contribution in [2.45, 2.75) is 30.7 Å². The quantitative estimate of drug-likeness (QED) is 0.378. The minimum atomic E-state index is -0.202. The minimum Gasteiger partial charge on any atom is -0.352 e. The van der Waals surface area contributed by atoms with E-state index in [2.05, 4.69) is 0 Å². The normalized spacial score (nSPS) is 54.3. The van der Waals surface area contributed by atoms with Crippen LogP contribution < -0.4 is 17.2 Å². The summed E-state index contributed by atoms with van der Waals surface area (Å²) in [6.07, 6.45) is -0.491. The van der Waals surface area contributed by atoms with Crippen LogP contribution in [-0.4, -0.2) is 30.7 Å². The van der Waals surface area contributed by atoms with E-state index in [1.54, 1.807) is 0 Å². The molecule has 5 heteroatoms. The predicted octanol–water partition coefficient (Wildman–Crippen LogP) is -2.32. The average molecular weight is 145 g/mol. The molecule has 0 aliphatic carbocycles. The van der Waals surface area contributed by atoms with Gasteiger partial charge in [-0.25, -0.2) is 0 Å². The molecule has 0 aromatic heterocycles. The third-order valence-electron chi connectivity index (χ3n) is 1.88. The van der Waals surface area contributed by atoms with Gasteiger partial charge in [-0.15, -0.1) is 0 Å². The van der Waals surface area contributed by atoms with Gasteiger partial charge < -0.3 is 26.7 Å². The van der Waals surface area contributed by atoms with Gasteiger partial charge in [0.15, 0.2) is 0 Å². The van der Waals surface area contributed by atoms with Gasteiger partial charge in [-0.2, -0.15) is 0 Å². The molecule has 2 heterocycles. The summed E-state index contributed by atoms with van der Waals surface area (Å²) in [6, 6.07) is -0.148. The minimum absolute atomic E-state index is 0.0430. The second kappa shape index (κ2) is 1.90. The van der Waals surface area contributed by atoms with Crippen molar-refractivity contribution in [3.63, 3.8) is 0 Å². The molecule has 0 aromatic carbocycles. The molecule has 0 spiro atoms. The third-order valence-corrected chi connectivity index (χ3v) is 1.88. The van der Waals surface area contributed by atoms with Gasteiger partial charge in [0, 0.05) is 0 Å². The van der Waals surface area contributed by atoms with Gasteiger partial charge in [-0.05, 0) is 0 Å². The fourth-order valence-electron chi connectivity index (χ4n) is 1.08. The first-order valence-electron chi connectivity index (χ1n) is 3.28. The Morgan fingerprint density at radius 2 is 1.30 bits per heavy atom. The van der Waals surface area contributed by atoms with Crippen molar-refractivity contribution in [2.24, 2.45) is 17.2 Å². The third kappa shape index (κ3) is 0.920. The summed E-state index contributed by atoms with van der Waals surface area (Å²) >= 11 is 0. The first kappa shape index (κ1) is 6.51. The van der Waals surface area contributed by atoms with Crippen LogP contribution >= 0.6 is 0 Å². The molecule has 2 fully saturated rings. The molecule has 0 aromatic rings. The zero-order chi connectivity index (χ0) is 7.30. The summed E-state index contributed by atoms with van der Waals surface area (Å²) in [6.45, 7) is 0. The van der Waals surface area contributed by atoms with Crippen LogP contribution in [0.3, 0.4) is 0 Å². The van der Waals surface area contributed by atoms with Crippen molar-refractivity contribution in [3.8, 4) is 0 Å². The Bertz CT molecular complexity index is 138. The fourth-order valence-corrected chi connectivity index (χ4v) is 1.08. The first-order chi connectivity index (χ1) is 4.70. The molecule has 2 aliphatic rings. The summed E-state index contributed by atoms with van der Waals surface area (Å²) in [5, 5.41) is 0. The lowest BCUT2D eigenvalue weighted by Crippen LogP contribution is -2.37. The molecular formula is C5H11N3O2. The van der Waals surface area contributed by atoms with Crippen LogP contribution in [0.5, 0.6) is 0 Å². The van der Waals surface area contributed by atoms with E-state index >= 15 is 0 Å². The van der Waals surface area contributed by atoms with Gasteiger partial charge in [0.1, 0.15) is 24.7 Å². The molecule has 4 unspecified atom stereocenters. The Morgan fingerprint density at radius 1 is 1.00 bits per heavy atom. The molecule has 0 amide bonds. The lowest BCUT2D eigenvalue weighted by atomic mass is 10.1. The van der Waals surface area contributed by atoms with Crippen LogP contribution in [-0.2, 0) is 9.47 Å². The number of rotatable bonds is 2. The van der Waals surface area contributed by atoms with E-state index in [0.717, 1.165) is 0 Å². The zero-order valence-electron chi connectivity index (χ0n) is 5.44. The van der Waals surface area contributed by atoms with Gasteiger partial charge in [0.05, 0.1) is 6.04 Å². The van der Waals surface area contributed by atoms with E-state index in [9.17, 15) is 0 Å². The monoisotopic (exact) mass is 145 g/mol. The maximum Gasteiger partial charge on any atom is 0.134 e. The molecule has 2 rings (SSSR count). The van der Waals surface area contributed by atoms with E-state index in [0.29, 0.717) is 0 Å². The number of epoxide rings is 2. The van der Waals surface area contributed by atoms with Crippen LogP contribution in [0.1, 0.15) is 0 Å². The van der Waals surface area contributed by atoms with E-state index in [-0.39, 0.29) is 30.7 Å². The number of hydrogen-bond acceptors (Lipinski definition) is 5. The second-order valence-corrected chi connectivity index (χ2v) is 2.71.